The maximum absolute atomic E-state index is 12.7. The van der Waals surface area contributed by atoms with Crippen molar-refractivity contribution in [3.63, 3.8) is 0 Å². The van der Waals surface area contributed by atoms with Gasteiger partial charge in [0, 0.05) is 32.0 Å². The minimum absolute atomic E-state index is 0. The fraction of sp³-hybridized carbons (Fsp3) is 0.812. The molecule has 2 atom stereocenters. The molecule has 1 fully saturated rings. The van der Waals surface area contributed by atoms with Gasteiger partial charge in [0.15, 0.2) is 0 Å². The topological polar surface area (TPSA) is 77.0 Å². The first-order valence-electron chi connectivity index (χ1n) is 8.34. The molecule has 2 aliphatic rings. The van der Waals surface area contributed by atoms with Crippen LogP contribution in [-0.2, 0) is 17.8 Å². The molecule has 3 heterocycles. The van der Waals surface area contributed by atoms with E-state index in [9.17, 15) is 4.79 Å². The summed E-state index contributed by atoms with van der Waals surface area (Å²) in [7, 11) is 0. The summed E-state index contributed by atoms with van der Waals surface area (Å²) in [6.07, 6.45) is 4.27. The molecule has 1 amide bonds. The maximum Gasteiger partial charge on any atom is 0.240 e. The van der Waals surface area contributed by atoms with Crippen LogP contribution in [0.15, 0.2) is 0 Å². The molecular formula is C16H29Cl2N5O. The van der Waals surface area contributed by atoms with Crippen molar-refractivity contribution >= 4 is 30.7 Å². The molecule has 24 heavy (non-hydrogen) atoms. The highest BCUT2D eigenvalue weighted by Crippen LogP contribution is 2.29. The Morgan fingerprint density at radius 1 is 1.21 bits per heavy atom. The lowest BCUT2D eigenvalue weighted by molar-refractivity contribution is -0.136. The van der Waals surface area contributed by atoms with Crippen molar-refractivity contribution in [1.82, 2.24) is 19.7 Å². The zero-order chi connectivity index (χ0) is 15.9. The molecule has 0 aromatic carbocycles. The predicted molar refractivity (Wildman–Crippen MR) is 98.8 cm³/mol. The molecule has 1 saturated heterocycles. The van der Waals surface area contributed by atoms with Crippen LogP contribution in [0.25, 0.3) is 0 Å². The van der Waals surface area contributed by atoms with Crippen LogP contribution in [-0.4, -0.2) is 44.7 Å². The van der Waals surface area contributed by atoms with Crippen LogP contribution in [0, 0.1) is 5.41 Å². The third-order valence-electron chi connectivity index (χ3n) is 4.94. The SMILES string of the molecule is CC(C)(C)[C@H](N)C(=O)N1CCCC(c2nnc3n2CCC3)C1.Cl.Cl. The van der Waals surface area contributed by atoms with E-state index >= 15 is 0 Å². The van der Waals surface area contributed by atoms with Gasteiger partial charge in [0.1, 0.15) is 11.6 Å². The Morgan fingerprint density at radius 3 is 2.58 bits per heavy atom. The largest absolute Gasteiger partial charge is 0.341 e. The number of hydrogen-bond donors (Lipinski definition) is 1. The molecule has 2 aliphatic heterocycles. The van der Waals surface area contributed by atoms with Crippen LogP contribution >= 0.6 is 24.8 Å². The number of halogens is 2. The standard InChI is InChI=1S/C16H27N5O.2ClH/c1-16(2,3)13(17)15(22)20-8-4-6-11(10-20)14-19-18-12-7-5-9-21(12)14;;/h11,13H,4-10,17H2,1-3H3;2*1H/t11?,13-;;/m1../s1. The fourth-order valence-corrected chi connectivity index (χ4v) is 3.43. The summed E-state index contributed by atoms with van der Waals surface area (Å²) in [6, 6.07) is -0.449. The first kappa shape index (κ1) is 21.2. The van der Waals surface area contributed by atoms with Gasteiger partial charge in [-0.25, -0.2) is 0 Å². The quantitative estimate of drug-likeness (QED) is 0.856. The van der Waals surface area contributed by atoms with Crippen LogP contribution in [0.5, 0.6) is 0 Å². The molecule has 8 heteroatoms. The number of rotatable bonds is 2. The number of nitrogens with zero attached hydrogens (tertiary/aromatic N) is 4. The molecule has 3 rings (SSSR count). The Hall–Kier alpha value is -0.850. The second kappa shape index (κ2) is 8.02. The normalized spacial score (nSPS) is 21.5. The van der Waals surface area contributed by atoms with E-state index in [0.29, 0.717) is 5.92 Å². The van der Waals surface area contributed by atoms with E-state index in [-0.39, 0.29) is 36.1 Å². The van der Waals surface area contributed by atoms with Gasteiger partial charge in [-0.15, -0.1) is 35.0 Å². The third-order valence-corrected chi connectivity index (χ3v) is 4.94. The molecule has 6 nitrogen and oxygen atoms in total. The number of fused-ring (bicyclic) bond motifs is 1. The third kappa shape index (κ3) is 4.03. The lowest BCUT2D eigenvalue weighted by Gasteiger charge is -2.36. The van der Waals surface area contributed by atoms with Gasteiger partial charge in [-0.2, -0.15) is 0 Å². The summed E-state index contributed by atoms with van der Waals surface area (Å²) in [4.78, 5) is 14.6. The highest BCUT2D eigenvalue weighted by molar-refractivity contribution is 5.85. The molecule has 0 radical (unpaired) electrons. The average molecular weight is 378 g/mol. The summed E-state index contributed by atoms with van der Waals surface area (Å²) in [5, 5.41) is 8.69. The summed E-state index contributed by atoms with van der Waals surface area (Å²) in [5.41, 5.74) is 5.95. The molecule has 0 aliphatic carbocycles. The number of aryl methyl sites for hydroxylation is 1. The zero-order valence-electron chi connectivity index (χ0n) is 14.7. The lowest BCUT2D eigenvalue weighted by atomic mass is 9.85. The van der Waals surface area contributed by atoms with Gasteiger partial charge in [-0.3, -0.25) is 4.79 Å². The number of carbonyl (C=O) groups is 1. The molecule has 138 valence electrons. The fourth-order valence-electron chi connectivity index (χ4n) is 3.43. The highest BCUT2D eigenvalue weighted by atomic mass is 35.5. The van der Waals surface area contributed by atoms with Gasteiger partial charge in [0.05, 0.1) is 6.04 Å². The van der Waals surface area contributed by atoms with Crippen LogP contribution in [0.4, 0.5) is 0 Å². The Balaban J connectivity index is 0.00000144. The number of nitrogens with two attached hydrogens (primary N) is 1. The van der Waals surface area contributed by atoms with Crippen molar-refractivity contribution in [1.29, 1.82) is 0 Å². The van der Waals surface area contributed by atoms with E-state index in [1.54, 1.807) is 0 Å². The van der Waals surface area contributed by atoms with Crippen molar-refractivity contribution in [3.8, 4) is 0 Å². The molecule has 1 aromatic rings. The Morgan fingerprint density at radius 2 is 1.92 bits per heavy atom. The number of likely N-dealkylation sites (tertiary alicyclic amines) is 1. The number of aromatic nitrogens is 3. The number of hydrogen-bond acceptors (Lipinski definition) is 4. The molecule has 1 aromatic heterocycles. The molecule has 2 N–H and O–H groups in total. The average Bonchev–Trinajstić information content (AvgIpc) is 3.07. The van der Waals surface area contributed by atoms with E-state index < -0.39 is 6.04 Å². The van der Waals surface area contributed by atoms with Gasteiger partial charge < -0.3 is 15.2 Å². The van der Waals surface area contributed by atoms with E-state index in [0.717, 1.165) is 57.0 Å². The molecule has 1 unspecified atom stereocenters. The van der Waals surface area contributed by atoms with Gasteiger partial charge in [-0.05, 0) is 24.7 Å². The summed E-state index contributed by atoms with van der Waals surface area (Å²) in [5.74, 6) is 2.53. The zero-order valence-corrected chi connectivity index (χ0v) is 16.3. The van der Waals surface area contributed by atoms with E-state index in [1.165, 1.54) is 0 Å². The van der Waals surface area contributed by atoms with Gasteiger partial charge >= 0.3 is 0 Å². The minimum atomic E-state index is -0.449. The molecule has 0 spiro atoms. The van der Waals surface area contributed by atoms with Crippen LogP contribution < -0.4 is 5.73 Å². The maximum atomic E-state index is 12.7. The first-order valence-corrected chi connectivity index (χ1v) is 8.34. The molecular weight excluding hydrogens is 349 g/mol. The van der Waals surface area contributed by atoms with Crippen molar-refractivity contribution in [2.45, 2.75) is 65.0 Å². The van der Waals surface area contributed by atoms with Crippen molar-refractivity contribution in [2.75, 3.05) is 13.1 Å². The predicted octanol–water partition coefficient (Wildman–Crippen LogP) is 2.15. The van der Waals surface area contributed by atoms with Crippen molar-refractivity contribution < 1.29 is 4.79 Å². The summed E-state index contributed by atoms with van der Waals surface area (Å²) >= 11 is 0. The number of piperidine rings is 1. The molecule has 0 saturated carbocycles. The van der Waals surface area contributed by atoms with E-state index in [1.807, 2.05) is 25.7 Å². The first-order chi connectivity index (χ1) is 10.4. The summed E-state index contributed by atoms with van der Waals surface area (Å²) in [6.45, 7) is 8.59. The van der Waals surface area contributed by atoms with Crippen LogP contribution in [0.2, 0.25) is 0 Å². The van der Waals surface area contributed by atoms with Crippen molar-refractivity contribution in [3.05, 3.63) is 11.6 Å². The van der Waals surface area contributed by atoms with Gasteiger partial charge in [0.2, 0.25) is 5.91 Å². The Labute approximate surface area is 156 Å². The van der Waals surface area contributed by atoms with E-state index in [2.05, 4.69) is 14.8 Å². The smallest absolute Gasteiger partial charge is 0.240 e. The monoisotopic (exact) mass is 377 g/mol. The van der Waals surface area contributed by atoms with Crippen LogP contribution in [0.3, 0.4) is 0 Å². The number of carbonyl (C=O) groups excluding carboxylic acids is 1. The second-order valence-electron chi connectivity index (χ2n) is 7.70. The summed E-state index contributed by atoms with van der Waals surface area (Å²) < 4.78 is 2.25. The Kier molecular flexibility index (Phi) is 7.08. The van der Waals surface area contributed by atoms with E-state index in [4.69, 9.17) is 5.73 Å². The second-order valence-corrected chi connectivity index (χ2v) is 7.70. The van der Waals surface area contributed by atoms with Gasteiger partial charge in [0.25, 0.3) is 0 Å². The highest BCUT2D eigenvalue weighted by Gasteiger charge is 2.35. The van der Waals surface area contributed by atoms with Crippen molar-refractivity contribution in [2.24, 2.45) is 11.1 Å². The van der Waals surface area contributed by atoms with Gasteiger partial charge in [-0.1, -0.05) is 20.8 Å². The Bertz CT molecular complexity index is 569. The molecule has 0 bridgehead atoms. The lowest BCUT2D eigenvalue weighted by Crippen LogP contribution is -2.52. The van der Waals surface area contributed by atoms with Crippen LogP contribution in [0.1, 0.15) is 57.6 Å². The number of amides is 1. The minimum Gasteiger partial charge on any atom is -0.341 e.